The topological polar surface area (TPSA) is 90.5 Å². The number of anilines is 1. The zero-order valence-corrected chi connectivity index (χ0v) is 18.5. The van der Waals surface area contributed by atoms with E-state index in [2.05, 4.69) is 17.1 Å². The molecule has 158 valence electrons. The van der Waals surface area contributed by atoms with Gasteiger partial charge in [-0.3, -0.25) is 0 Å². The Morgan fingerprint density at radius 1 is 1.10 bits per heavy atom. The molecule has 4 rings (SSSR count). The summed E-state index contributed by atoms with van der Waals surface area (Å²) in [4.78, 5) is 0. The molecule has 6 nitrogen and oxygen atoms in total. The second-order valence-corrected chi connectivity index (χ2v) is 9.84. The van der Waals surface area contributed by atoms with Gasteiger partial charge in [0.25, 0.3) is 0 Å². The molecular weight excluding hydrogens is 418 g/mol. The van der Waals surface area contributed by atoms with Gasteiger partial charge in [-0.05, 0) is 30.2 Å². The summed E-state index contributed by atoms with van der Waals surface area (Å²) in [6, 6.07) is 15.5. The summed E-state index contributed by atoms with van der Waals surface area (Å²) in [5.41, 5.74) is 9.52. The lowest BCUT2D eigenvalue weighted by Gasteiger charge is -2.41. The van der Waals surface area contributed by atoms with Gasteiger partial charge in [-0.2, -0.15) is 0 Å². The first-order valence-electron chi connectivity index (χ1n) is 9.82. The first-order valence-corrected chi connectivity index (χ1v) is 11.6. The summed E-state index contributed by atoms with van der Waals surface area (Å²) in [5.74, 6) is 0.882. The van der Waals surface area contributed by atoms with Crippen LogP contribution < -0.4 is 5.73 Å². The monoisotopic (exact) mass is 443 g/mol. The summed E-state index contributed by atoms with van der Waals surface area (Å²) < 4.78 is 13.7. The van der Waals surface area contributed by atoms with Gasteiger partial charge in [0.1, 0.15) is 5.01 Å². The number of benzene rings is 2. The Labute approximate surface area is 184 Å². The number of nitrogens with zero attached hydrogens (tertiary/aromatic N) is 2. The average molecular weight is 444 g/mol. The average Bonchev–Trinajstić information content (AvgIpc) is 3.18. The van der Waals surface area contributed by atoms with Crippen LogP contribution in [-0.2, 0) is 16.1 Å². The molecule has 4 atom stereocenters. The molecule has 0 saturated carbocycles. The first kappa shape index (κ1) is 21.3. The van der Waals surface area contributed by atoms with E-state index in [1.54, 1.807) is 23.1 Å². The molecule has 2 aromatic carbocycles. The van der Waals surface area contributed by atoms with E-state index in [-0.39, 0.29) is 24.7 Å². The third-order valence-electron chi connectivity index (χ3n) is 5.18. The molecule has 30 heavy (non-hydrogen) atoms. The number of aliphatic hydroxyl groups excluding tert-OH is 1. The number of aromatic nitrogens is 2. The number of hydrogen-bond donors (Lipinski definition) is 2. The molecule has 0 bridgehead atoms. The molecule has 2 heterocycles. The molecule has 3 aromatic rings. The highest BCUT2D eigenvalue weighted by molar-refractivity contribution is 8.01. The fourth-order valence-corrected chi connectivity index (χ4v) is 5.51. The predicted octanol–water partition coefficient (Wildman–Crippen LogP) is 4.50. The van der Waals surface area contributed by atoms with E-state index in [9.17, 15) is 5.11 Å². The van der Waals surface area contributed by atoms with E-state index >= 15 is 0 Å². The standard InChI is InChI=1S/C22H25N3O3S2/c1-13-19(12-29-22-25-24-14(2)30-22)27-21(17-4-3-5-18(23)10-17)28-20(13)16-8-6-15(11-26)7-9-16/h3-10,13,19-21,26H,11-12,23H2,1-2H3/t13-,19+,20+,21?/m0/s1. The molecular formula is C22H25N3O3S2. The Hall–Kier alpha value is -1.97. The lowest BCUT2D eigenvalue weighted by atomic mass is 9.91. The van der Waals surface area contributed by atoms with Gasteiger partial charge < -0.3 is 20.3 Å². The third-order valence-corrected chi connectivity index (χ3v) is 7.25. The highest BCUT2D eigenvalue weighted by atomic mass is 32.2. The molecule has 1 unspecified atom stereocenters. The molecule has 3 N–H and O–H groups in total. The van der Waals surface area contributed by atoms with Gasteiger partial charge >= 0.3 is 0 Å². The predicted molar refractivity (Wildman–Crippen MR) is 119 cm³/mol. The fourth-order valence-electron chi connectivity index (χ4n) is 3.51. The fraction of sp³-hybridized carbons (Fsp3) is 0.364. The Balaban J connectivity index is 1.58. The van der Waals surface area contributed by atoms with Gasteiger partial charge in [-0.1, -0.05) is 66.4 Å². The van der Waals surface area contributed by atoms with E-state index in [4.69, 9.17) is 15.2 Å². The molecule has 0 amide bonds. The molecule has 1 aromatic heterocycles. The van der Waals surface area contributed by atoms with Crippen LogP contribution in [0.1, 0.15) is 41.0 Å². The smallest absolute Gasteiger partial charge is 0.185 e. The minimum absolute atomic E-state index is 0.0247. The lowest BCUT2D eigenvalue weighted by Crippen LogP contribution is -2.38. The van der Waals surface area contributed by atoms with Gasteiger partial charge in [-0.15, -0.1) is 10.2 Å². The quantitative estimate of drug-likeness (QED) is 0.428. The number of nitrogen functional groups attached to an aromatic ring is 1. The van der Waals surface area contributed by atoms with Crippen molar-refractivity contribution in [2.24, 2.45) is 5.92 Å². The van der Waals surface area contributed by atoms with Gasteiger partial charge in [0.15, 0.2) is 10.6 Å². The number of aliphatic hydroxyl groups is 1. The summed E-state index contributed by atoms with van der Waals surface area (Å²) in [6.07, 6.45) is -0.685. The highest BCUT2D eigenvalue weighted by Crippen LogP contribution is 2.43. The SMILES string of the molecule is Cc1nnc(SC[C@H]2OC(c3cccc(N)c3)O[C@@H](c3ccc(CO)cc3)[C@H]2C)s1. The number of aryl methyl sites for hydroxylation is 1. The molecule has 1 aliphatic rings. The van der Waals surface area contributed by atoms with E-state index in [0.717, 1.165) is 31.8 Å². The minimum atomic E-state index is -0.506. The van der Waals surface area contributed by atoms with Crippen molar-refractivity contribution >= 4 is 28.8 Å². The zero-order chi connectivity index (χ0) is 21.1. The van der Waals surface area contributed by atoms with Crippen LogP contribution in [-0.4, -0.2) is 27.2 Å². The summed E-state index contributed by atoms with van der Waals surface area (Å²) >= 11 is 3.25. The van der Waals surface area contributed by atoms with Crippen molar-refractivity contribution in [3.63, 3.8) is 0 Å². The first-order chi connectivity index (χ1) is 14.5. The second-order valence-electron chi connectivity index (χ2n) is 7.39. The Kier molecular flexibility index (Phi) is 6.70. The summed E-state index contributed by atoms with van der Waals surface area (Å²) in [5, 5.41) is 18.6. The van der Waals surface area contributed by atoms with Gasteiger partial charge in [0.05, 0.1) is 18.8 Å². The van der Waals surface area contributed by atoms with Crippen molar-refractivity contribution in [3.8, 4) is 0 Å². The maximum Gasteiger partial charge on any atom is 0.185 e. The van der Waals surface area contributed by atoms with Crippen molar-refractivity contribution in [2.75, 3.05) is 11.5 Å². The maximum absolute atomic E-state index is 9.35. The number of hydrogen-bond acceptors (Lipinski definition) is 8. The lowest BCUT2D eigenvalue weighted by molar-refractivity contribution is -0.268. The number of thioether (sulfide) groups is 1. The summed E-state index contributed by atoms with van der Waals surface area (Å²) in [7, 11) is 0. The Morgan fingerprint density at radius 2 is 1.90 bits per heavy atom. The molecule has 1 aliphatic heterocycles. The van der Waals surface area contributed by atoms with Crippen LogP contribution >= 0.6 is 23.1 Å². The molecule has 0 aliphatic carbocycles. The maximum atomic E-state index is 9.35. The second kappa shape index (κ2) is 9.45. The Morgan fingerprint density at radius 3 is 2.57 bits per heavy atom. The van der Waals surface area contributed by atoms with Crippen LogP contribution in [0.3, 0.4) is 0 Å². The number of ether oxygens (including phenoxy) is 2. The van der Waals surface area contributed by atoms with Crippen molar-refractivity contribution < 1.29 is 14.6 Å². The highest BCUT2D eigenvalue weighted by Gasteiger charge is 2.38. The van der Waals surface area contributed by atoms with Crippen molar-refractivity contribution in [2.45, 2.75) is 43.3 Å². The van der Waals surface area contributed by atoms with E-state index in [0.29, 0.717) is 5.69 Å². The van der Waals surface area contributed by atoms with Crippen LogP contribution in [0, 0.1) is 12.8 Å². The van der Waals surface area contributed by atoms with Gasteiger partial charge in [0.2, 0.25) is 0 Å². The normalized spacial score (nSPS) is 24.1. The van der Waals surface area contributed by atoms with E-state index < -0.39 is 6.29 Å². The minimum Gasteiger partial charge on any atom is -0.399 e. The number of rotatable bonds is 6. The van der Waals surface area contributed by atoms with Crippen molar-refractivity contribution in [1.82, 2.24) is 10.2 Å². The number of nitrogens with two attached hydrogens (primary N) is 1. The van der Waals surface area contributed by atoms with Gasteiger partial charge in [0, 0.05) is 22.9 Å². The van der Waals surface area contributed by atoms with Crippen LogP contribution in [0.15, 0.2) is 52.9 Å². The van der Waals surface area contributed by atoms with E-state index in [1.807, 2.05) is 55.5 Å². The largest absolute Gasteiger partial charge is 0.399 e. The Bertz CT molecular complexity index is 980. The van der Waals surface area contributed by atoms with Crippen molar-refractivity contribution in [1.29, 1.82) is 0 Å². The molecule has 0 radical (unpaired) electrons. The molecule has 1 saturated heterocycles. The summed E-state index contributed by atoms with van der Waals surface area (Å²) in [6.45, 7) is 4.13. The van der Waals surface area contributed by atoms with Crippen LogP contribution in [0.4, 0.5) is 5.69 Å². The molecule has 8 heteroatoms. The molecule has 1 fully saturated rings. The van der Waals surface area contributed by atoms with E-state index in [1.165, 1.54) is 0 Å². The van der Waals surface area contributed by atoms with Gasteiger partial charge in [-0.25, -0.2) is 0 Å². The van der Waals surface area contributed by atoms with Crippen LogP contribution in [0.25, 0.3) is 0 Å². The van der Waals surface area contributed by atoms with Crippen LogP contribution in [0.2, 0.25) is 0 Å². The molecule has 0 spiro atoms. The third kappa shape index (κ3) is 4.84. The zero-order valence-electron chi connectivity index (χ0n) is 16.9. The van der Waals surface area contributed by atoms with Crippen molar-refractivity contribution in [3.05, 3.63) is 70.2 Å². The van der Waals surface area contributed by atoms with Crippen LogP contribution in [0.5, 0.6) is 0 Å².